The second kappa shape index (κ2) is 6.89. The Morgan fingerprint density at radius 2 is 2.08 bits per heavy atom. The molecule has 0 bridgehead atoms. The van der Waals surface area contributed by atoms with Crippen LogP contribution in [0, 0.1) is 0 Å². The van der Waals surface area contributed by atoms with Gasteiger partial charge in [0.25, 0.3) is 0 Å². The molecule has 1 N–H and O–H groups in total. The van der Waals surface area contributed by atoms with E-state index in [9.17, 15) is 27.0 Å². The highest BCUT2D eigenvalue weighted by Crippen LogP contribution is 2.41. The third-order valence-electron chi connectivity index (χ3n) is 3.59. The second-order valence-electron chi connectivity index (χ2n) is 5.12. The number of hydrogen-bond donors (Lipinski definition) is 1. The van der Waals surface area contributed by atoms with Crippen LogP contribution in [0.25, 0.3) is 10.9 Å². The minimum absolute atomic E-state index is 0.113. The van der Waals surface area contributed by atoms with E-state index in [0.717, 1.165) is 11.1 Å². The zero-order valence-electron chi connectivity index (χ0n) is 13.0. The molecule has 5 nitrogen and oxygen atoms in total. The van der Waals surface area contributed by atoms with Crippen molar-refractivity contribution in [2.75, 3.05) is 7.11 Å². The van der Waals surface area contributed by atoms with Crippen molar-refractivity contribution in [3.63, 3.8) is 0 Å². The zero-order chi connectivity index (χ0) is 19.1. The number of aromatic nitrogens is 2. The van der Waals surface area contributed by atoms with Crippen LogP contribution in [0.15, 0.2) is 30.5 Å². The molecule has 2 aromatic heterocycles. The highest BCUT2D eigenvalue weighted by atomic mass is 32.2. The lowest BCUT2D eigenvalue weighted by Gasteiger charge is -2.06. The number of aliphatic hydroxyl groups excluding tert-OH is 1. The molecule has 0 fully saturated rings. The minimum Gasteiger partial charge on any atom is -0.464 e. The summed E-state index contributed by atoms with van der Waals surface area (Å²) in [4.78, 5) is 14.0. The molecule has 1 aromatic carbocycles. The largest absolute Gasteiger partial charge is 0.464 e. The molecule has 0 aliphatic rings. The average molecular weight is 406 g/mol. The van der Waals surface area contributed by atoms with Crippen LogP contribution in [-0.2, 0) is 10.9 Å². The number of ether oxygens (including phenoxy) is 1. The van der Waals surface area contributed by atoms with Crippen molar-refractivity contribution in [3.05, 3.63) is 51.6 Å². The maximum absolute atomic E-state index is 13.2. The molecule has 0 aliphatic carbocycles. The standard InChI is InChI=1S/C15H10F4N2O3S2/c1-24-14(23)10-12(15(16,17)18)25-13(20-10)11(22)8-6-21(26-19)9-5-3-2-4-7(8)9/h2-6,11,22H,1H3. The number of esters is 1. The van der Waals surface area contributed by atoms with Gasteiger partial charge in [-0.25, -0.2) is 9.78 Å². The molecule has 0 aliphatic heterocycles. The van der Waals surface area contributed by atoms with Crippen LogP contribution < -0.4 is 0 Å². The monoisotopic (exact) mass is 406 g/mol. The first kappa shape index (κ1) is 18.7. The fourth-order valence-electron chi connectivity index (χ4n) is 2.46. The Bertz CT molecular complexity index is 968. The fourth-order valence-corrected chi connectivity index (χ4v) is 3.78. The number of alkyl halides is 3. The predicted octanol–water partition coefficient (Wildman–Crippen LogP) is 4.37. The number of aliphatic hydroxyl groups is 1. The highest BCUT2D eigenvalue weighted by molar-refractivity contribution is 7.92. The SMILES string of the molecule is COC(=O)c1nc(C(O)c2cn(SF)c3ccccc23)sc1C(F)(F)F. The number of carbonyl (C=O) groups excluding carboxylic acids is 1. The number of benzene rings is 1. The van der Waals surface area contributed by atoms with Gasteiger partial charge < -0.3 is 9.84 Å². The Kier molecular flexibility index (Phi) is 4.95. The molecular formula is C15H10F4N2O3S2. The van der Waals surface area contributed by atoms with E-state index in [4.69, 9.17) is 0 Å². The molecule has 0 spiro atoms. The third kappa shape index (κ3) is 3.17. The van der Waals surface area contributed by atoms with Gasteiger partial charge in [0.05, 0.1) is 12.6 Å². The molecule has 0 saturated heterocycles. The lowest BCUT2D eigenvalue weighted by Crippen LogP contribution is -2.12. The summed E-state index contributed by atoms with van der Waals surface area (Å²) in [6.45, 7) is 0. The van der Waals surface area contributed by atoms with E-state index in [1.807, 2.05) is 0 Å². The number of fused-ring (bicyclic) bond motifs is 1. The van der Waals surface area contributed by atoms with Crippen LogP contribution in [0.3, 0.4) is 0 Å². The minimum atomic E-state index is -4.83. The molecule has 138 valence electrons. The van der Waals surface area contributed by atoms with E-state index < -0.39 is 28.8 Å². The molecule has 0 saturated carbocycles. The van der Waals surface area contributed by atoms with Gasteiger partial charge >= 0.3 is 12.1 Å². The van der Waals surface area contributed by atoms with Crippen molar-refractivity contribution in [1.29, 1.82) is 0 Å². The van der Waals surface area contributed by atoms with Crippen molar-refractivity contribution < 1.29 is 31.7 Å². The van der Waals surface area contributed by atoms with Gasteiger partial charge in [-0.2, -0.15) is 13.2 Å². The van der Waals surface area contributed by atoms with Gasteiger partial charge in [-0.1, -0.05) is 18.2 Å². The summed E-state index contributed by atoms with van der Waals surface area (Å²) in [5, 5.41) is 10.6. The van der Waals surface area contributed by atoms with E-state index in [1.165, 1.54) is 6.20 Å². The van der Waals surface area contributed by atoms with Crippen molar-refractivity contribution in [2.45, 2.75) is 12.3 Å². The molecule has 0 radical (unpaired) electrons. The quantitative estimate of drug-likeness (QED) is 0.515. The van der Waals surface area contributed by atoms with Crippen molar-refractivity contribution >= 4 is 40.5 Å². The van der Waals surface area contributed by atoms with Crippen molar-refractivity contribution in [1.82, 2.24) is 8.96 Å². The Labute approximate surface area is 152 Å². The van der Waals surface area contributed by atoms with E-state index in [-0.39, 0.29) is 34.2 Å². The lowest BCUT2D eigenvalue weighted by atomic mass is 10.1. The summed E-state index contributed by atoms with van der Waals surface area (Å²) in [6.07, 6.45) is -5.13. The smallest absolute Gasteiger partial charge is 0.428 e. The summed E-state index contributed by atoms with van der Waals surface area (Å²) in [5.41, 5.74) is -0.304. The molecular weight excluding hydrogens is 396 g/mol. The van der Waals surface area contributed by atoms with E-state index in [1.54, 1.807) is 24.3 Å². The summed E-state index contributed by atoms with van der Waals surface area (Å²) in [5.74, 6) is -1.26. The number of carbonyl (C=O) groups is 1. The first-order valence-electron chi connectivity index (χ1n) is 7.01. The van der Waals surface area contributed by atoms with Gasteiger partial charge in [-0.3, -0.25) is 3.97 Å². The van der Waals surface area contributed by atoms with Crippen molar-refractivity contribution in [2.24, 2.45) is 0 Å². The van der Waals surface area contributed by atoms with Gasteiger partial charge in [-0.15, -0.1) is 15.2 Å². The number of rotatable bonds is 4. The Hall–Kier alpha value is -2.11. The third-order valence-corrected chi connectivity index (χ3v) is 5.19. The topological polar surface area (TPSA) is 64.3 Å². The Morgan fingerprint density at radius 1 is 1.38 bits per heavy atom. The molecule has 2 heterocycles. The summed E-state index contributed by atoms with van der Waals surface area (Å²) < 4.78 is 58.0. The van der Waals surface area contributed by atoms with Crippen LogP contribution >= 0.6 is 23.7 Å². The second-order valence-corrected chi connectivity index (χ2v) is 6.68. The van der Waals surface area contributed by atoms with E-state index in [2.05, 4.69) is 9.72 Å². The fraction of sp³-hybridized carbons (Fsp3) is 0.200. The lowest BCUT2D eigenvalue weighted by molar-refractivity contribution is -0.135. The Morgan fingerprint density at radius 3 is 2.69 bits per heavy atom. The van der Waals surface area contributed by atoms with Crippen LogP contribution in [0.2, 0.25) is 0 Å². The summed E-state index contributed by atoms with van der Waals surface area (Å²) in [7, 11) is 0.935. The van der Waals surface area contributed by atoms with Crippen molar-refractivity contribution in [3.8, 4) is 0 Å². The van der Waals surface area contributed by atoms with Gasteiger partial charge in [0, 0.05) is 17.1 Å². The molecule has 1 unspecified atom stereocenters. The molecule has 1 atom stereocenters. The number of thiazole rings is 1. The normalized spacial score (nSPS) is 13.2. The number of para-hydroxylation sites is 1. The zero-order valence-corrected chi connectivity index (χ0v) is 14.6. The highest BCUT2D eigenvalue weighted by Gasteiger charge is 2.40. The summed E-state index contributed by atoms with van der Waals surface area (Å²) >= 11 is 0.0290. The predicted molar refractivity (Wildman–Crippen MR) is 88.6 cm³/mol. The number of halogens is 4. The van der Waals surface area contributed by atoms with Gasteiger partial charge in [-0.05, 0) is 6.07 Å². The number of methoxy groups -OCH3 is 1. The maximum atomic E-state index is 13.2. The van der Waals surface area contributed by atoms with Crippen LogP contribution in [0.1, 0.15) is 32.0 Å². The van der Waals surface area contributed by atoms with E-state index >= 15 is 0 Å². The maximum Gasteiger partial charge on any atom is 0.428 e. The van der Waals surface area contributed by atoms with Crippen LogP contribution in [-0.4, -0.2) is 27.1 Å². The molecule has 3 aromatic rings. The Balaban J connectivity index is 2.13. The first-order chi connectivity index (χ1) is 12.3. The van der Waals surface area contributed by atoms with E-state index in [0.29, 0.717) is 10.9 Å². The summed E-state index contributed by atoms with van der Waals surface area (Å²) in [6, 6.07) is 6.50. The number of nitrogens with zero attached hydrogens (tertiary/aromatic N) is 2. The molecule has 11 heteroatoms. The molecule has 0 amide bonds. The van der Waals surface area contributed by atoms with Gasteiger partial charge in [0.15, 0.2) is 18.0 Å². The average Bonchev–Trinajstić information content (AvgIpc) is 3.22. The first-order valence-corrected chi connectivity index (χ1v) is 8.50. The van der Waals surface area contributed by atoms with Gasteiger partial charge in [0.1, 0.15) is 16.0 Å². The van der Waals surface area contributed by atoms with Crippen LogP contribution in [0.5, 0.6) is 0 Å². The molecule has 3 rings (SSSR count). The molecule has 26 heavy (non-hydrogen) atoms. The van der Waals surface area contributed by atoms with Crippen LogP contribution in [0.4, 0.5) is 17.1 Å². The van der Waals surface area contributed by atoms with Gasteiger partial charge in [0.2, 0.25) is 0 Å². The number of hydrogen-bond acceptors (Lipinski definition) is 6.